The molecule has 0 spiro atoms. The van der Waals surface area contributed by atoms with Gasteiger partial charge in [-0.2, -0.15) is 4.31 Å². The van der Waals surface area contributed by atoms with Crippen LogP contribution in [0.5, 0.6) is 0 Å². The summed E-state index contributed by atoms with van der Waals surface area (Å²) in [6, 6.07) is 7.04. The molecule has 1 aromatic carbocycles. The Morgan fingerprint density at radius 1 is 0.968 bits per heavy atom. The van der Waals surface area contributed by atoms with Crippen molar-refractivity contribution in [2.45, 2.75) is 82.2 Å². The molecule has 0 aromatic heterocycles. The molecule has 0 aliphatic carbocycles. The predicted octanol–water partition coefficient (Wildman–Crippen LogP) is 3.13. The molecule has 2 aliphatic rings. The van der Waals surface area contributed by atoms with Gasteiger partial charge in [0.2, 0.25) is 10.0 Å². The van der Waals surface area contributed by atoms with Crippen LogP contribution in [0.2, 0.25) is 0 Å². The van der Waals surface area contributed by atoms with Crippen LogP contribution in [-0.4, -0.2) is 61.3 Å². The van der Waals surface area contributed by atoms with E-state index in [9.17, 15) is 18.0 Å². The first-order chi connectivity index (χ1) is 14.8. The van der Waals surface area contributed by atoms with Gasteiger partial charge in [0.25, 0.3) is 5.91 Å². The SMILES string of the molecule is CC1CCCC(C)N1C(=O)COC(=O)CCc1ccc(S(=O)(=O)N2CCCCC2)cc1. The fourth-order valence-corrected chi connectivity index (χ4v) is 6.05. The minimum Gasteiger partial charge on any atom is -0.456 e. The summed E-state index contributed by atoms with van der Waals surface area (Å²) >= 11 is 0. The lowest BCUT2D eigenvalue weighted by Gasteiger charge is -2.38. The van der Waals surface area contributed by atoms with Crippen molar-refractivity contribution in [1.82, 2.24) is 9.21 Å². The van der Waals surface area contributed by atoms with E-state index in [1.165, 1.54) is 0 Å². The highest BCUT2D eigenvalue weighted by Crippen LogP contribution is 2.23. The number of carbonyl (C=O) groups excluding carboxylic acids is 2. The molecule has 2 unspecified atom stereocenters. The van der Waals surface area contributed by atoms with E-state index in [0.29, 0.717) is 19.5 Å². The normalized spacial score (nSPS) is 22.8. The van der Waals surface area contributed by atoms with E-state index in [-0.39, 0.29) is 35.9 Å². The number of benzene rings is 1. The van der Waals surface area contributed by atoms with Gasteiger partial charge >= 0.3 is 5.97 Å². The molecule has 31 heavy (non-hydrogen) atoms. The highest BCUT2D eigenvalue weighted by Gasteiger charge is 2.29. The Morgan fingerprint density at radius 2 is 1.58 bits per heavy atom. The van der Waals surface area contributed by atoms with E-state index in [2.05, 4.69) is 0 Å². The van der Waals surface area contributed by atoms with Crippen LogP contribution in [0.3, 0.4) is 0 Å². The maximum atomic E-state index is 12.7. The summed E-state index contributed by atoms with van der Waals surface area (Å²) in [4.78, 5) is 26.7. The Morgan fingerprint density at radius 3 is 2.19 bits per heavy atom. The van der Waals surface area contributed by atoms with Gasteiger partial charge in [0.15, 0.2) is 6.61 Å². The lowest BCUT2D eigenvalue weighted by atomic mass is 9.97. The van der Waals surface area contributed by atoms with Gasteiger partial charge in [0, 0.05) is 31.6 Å². The highest BCUT2D eigenvalue weighted by molar-refractivity contribution is 7.89. The lowest BCUT2D eigenvalue weighted by Crippen LogP contribution is -2.49. The number of hydrogen-bond donors (Lipinski definition) is 0. The summed E-state index contributed by atoms with van der Waals surface area (Å²) < 4.78 is 32.2. The van der Waals surface area contributed by atoms with Crippen LogP contribution >= 0.6 is 0 Å². The first-order valence-electron chi connectivity index (χ1n) is 11.3. The molecule has 1 amide bonds. The minimum atomic E-state index is -3.45. The van der Waals surface area contributed by atoms with Gasteiger partial charge in [0.05, 0.1) is 4.90 Å². The van der Waals surface area contributed by atoms with E-state index in [1.807, 2.05) is 18.7 Å². The standard InChI is InChI=1S/C23H34N2O5S/c1-18-7-6-8-19(2)25(18)22(26)17-30-23(27)14-11-20-9-12-21(13-10-20)31(28,29)24-15-4-3-5-16-24/h9-10,12-13,18-19H,3-8,11,14-17H2,1-2H3. The number of carbonyl (C=O) groups is 2. The zero-order chi connectivity index (χ0) is 22.4. The Bertz CT molecular complexity index is 852. The van der Waals surface area contributed by atoms with Crippen LogP contribution in [-0.2, 0) is 30.8 Å². The van der Waals surface area contributed by atoms with Gasteiger partial charge in [-0.05, 0) is 70.1 Å². The van der Waals surface area contributed by atoms with E-state index in [1.54, 1.807) is 28.6 Å². The summed E-state index contributed by atoms with van der Waals surface area (Å²) in [7, 11) is -3.45. The van der Waals surface area contributed by atoms with Crippen molar-refractivity contribution in [3.63, 3.8) is 0 Å². The number of rotatable bonds is 7. The zero-order valence-corrected chi connectivity index (χ0v) is 19.4. The average molecular weight is 451 g/mol. The van der Waals surface area contributed by atoms with E-state index in [4.69, 9.17) is 4.74 Å². The number of likely N-dealkylation sites (tertiary alicyclic amines) is 1. The molecular formula is C23H34N2O5S. The molecule has 8 heteroatoms. The van der Waals surface area contributed by atoms with Gasteiger partial charge in [-0.1, -0.05) is 18.6 Å². The molecule has 0 radical (unpaired) electrons. The summed E-state index contributed by atoms with van der Waals surface area (Å²) in [5.74, 6) is -0.559. The lowest BCUT2D eigenvalue weighted by molar-refractivity contribution is -0.154. The van der Waals surface area contributed by atoms with Gasteiger partial charge in [-0.25, -0.2) is 8.42 Å². The number of amides is 1. The van der Waals surface area contributed by atoms with Crippen molar-refractivity contribution in [1.29, 1.82) is 0 Å². The molecule has 0 N–H and O–H groups in total. The second kappa shape index (κ2) is 10.6. The molecular weight excluding hydrogens is 416 g/mol. The zero-order valence-electron chi connectivity index (χ0n) is 18.6. The Hall–Kier alpha value is -1.93. The molecule has 172 valence electrons. The molecule has 7 nitrogen and oxygen atoms in total. The summed E-state index contributed by atoms with van der Waals surface area (Å²) in [5.41, 5.74) is 0.860. The maximum Gasteiger partial charge on any atom is 0.306 e. The summed E-state index contributed by atoms with van der Waals surface area (Å²) in [6.45, 7) is 4.99. The second-order valence-corrected chi connectivity index (χ2v) is 10.6. The fraction of sp³-hybridized carbons (Fsp3) is 0.652. The van der Waals surface area contributed by atoms with Crippen molar-refractivity contribution in [3.05, 3.63) is 29.8 Å². The first-order valence-corrected chi connectivity index (χ1v) is 12.8. The molecule has 3 rings (SSSR count). The number of aryl methyl sites for hydroxylation is 1. The van der Waals surface area contributed by atoms with Crippen molar-refractivity contribution in [2.24, 2.45) is 0 Å². The Kier molecular flexibility index (Phi) is 8.11. The third-order valence-corrected chi connectivity index (χ3v) is 8.24. The number of piperidine rings is 2. The van der Waals surface area contributed by atoms with E-state index >= 15 is 0 Å². The third kappa shape index (κ3) is 6.07. The molecule has 2 saturated heterocycles. The number of sulfonamides is 1. The average Bonchev–Trinajstić information content (AvgIpc) is 2.77. The smallest absolute Gasteiger partial charge is 0.306 e. The maximum absolute atomic E-state index is 12.7. The van der Waals surface area contributed by atoms with Crippen LogP contribution in [0, 0.1) is 0 Å². The van der Waals surface area contributed by atoms with Crippen molar-refractivity contribution in [3.8, 4) is 0 Å². The topological polar surface area (TPSA) is 84.0 Å². The van der Waals surface area contributed by atoms with Crippen LogP contribution < -0.4 is 0 Å². The summed E-state index contributed by atoms with van der Waals surface area (Å²) in [6.07, 6.45) is 6.53. The van der Waals surface area contributed by atoms with Crippen LogP contribution in [0.1, 0.15) is 64.4 Å². The van der Waals surface area contributed by atoms with Crippen LogP contribution in [0.4, 0.5) is 0 Å². The van der Waals surface area contributed by atoms with Gasteiger partial charge in [-0.15, -0.1) is 0 Å². The number of esters is 1. The van der Waals surface area contributed by atoms with E-state index < -0.39 is 16.0 Å². The Balaban J connectivity index is 1.46. The van der Waals surface area contributed by atoms with E-state index in [0.717, 1.165) is 44.1 Å². The predicted molar refractivity (Wildman–Crippen MR) is 118 cm³/mol. The highest BCUT2D eigenvalue weighted by atomic mass is 32.2. The van der Waals surface area contributed by atoms with Crippen molar-refractivity contribution < 1.29 is 22.7 Å². The molecule has 2 fully saturated rings. The second-order valence-electron chi connectivity index (χ2n) is 8.70. The van der Waals surface area contributed by atoms with Gasteiger partial charge < -0.3 is 9.64 Å². The van der Waals surface area contributed by atoms with Crippen molar-refractivity contribution in [2.75, 3.05) is 19.7 Å². The van der Waals surface area contributed by atoms with Crippen LogP contribution in [0.15, 0.2) is 29.2 Å². The number of hydrogen-bond acceptors (Lipinski definition) is 5. The van der Waals surface area contributed by atoms with Crippen molar-refractivity contribution >= 4 is 21.9 Å². The molecule has 0 saturated carbocycles. The molecule has 0 bridgehead atoms. The van der Waals surface area contributed by atoms with Gasteiger partial charge in [0.1, 0.15) is 0 Å². The Labute approximate surface area is 185 Å². The molecule has 2 aliphatic heterocycles. The summed E-state index contributed by atoms with van der Waals surface area (Å²) in [5, 5.41) is 0. The first kappa shape index (κ1) is 23.7. The number of ether oxygens (including phenoxy) is 1. The van der Waals surface area contributed by atoms with Crippen LogP contribution in [0.25, 0.3) is 0 Å². The molecule has 1 aromatic rings. The number of nitrogens with zero attached hydrogens (tertiary/aromatic N) is 2. The quantitative estimate of drug-likeness (QED) is 0.596. The molecule has 2 heterocycles. The minimum absolute atomic E-state index is 0.139. The molecule has 2 atom stereocenters. The van der Waals surface area contributed by atoms with Gasteiger partial charge in [-0.3, -0.25) is 9.59 Å². The largest absolute Gasteiger partial charge is 0.456 e. The monoisotopic (exact) mass is 450 g/mol. The third-order valence-electron chi connectivity index (χ3n) is 6.33. The fourth-order valence-electron chi connectivity index (χ4n) is 4.53.